The molecule has 0 saturated carbocycles. The van der Waals surface area contributed by atoms with Gasteiger partial charge >= 0.3 is 0 Å². The fourth-order valence-corrected chi connectivity index (χ4v) is 2.87. The molecule has 1 fully saturated rings. The lowest BCUT2D eigenvalue weighted by molar-refractivity contribution is -0.131. The lowest BCUT2D eigenvalue weighted by Gasteiger charge is -2.33. The Morgan fingerprint density at radius 3 is 3.04 bits per heavy atom. The van der Waals surface area contributed by atoms with Gasteiger partial charge in [-0.25, -0.2) is 14.6 Å². The average Bonchev–Trinajstić information content (AvgIpc) is 3.16. The Hall–Kier alpha value is -2.95. The van der Waals surface area contributed by atoms with Crippen LogP contribution >= 0.6 is 0 Å². The molecule has 1 atom stereocenters. The van der Waals surface area contributed by atoms with Crippen molar-refractivity contribution in [2.75, 3.05) is 31.6 Å². The van der Waals surface area contributed by atoms with Gasteiger partial charge in [0.05, 0.1) is 18.2 Å². The van der Waals surface area contributed by atoms with Crippen LogP contribution in [0.4, 0.5) is 5.82 Å². The number of aromatic nitrogens is 4. The molecular formula is C16H19N7O. The number of likely N-dealkylation sites (tertiary alicyclic amines) is 1. The number of piperidine rings is 1. The number of carbonyl (C=O) groups excluding carboxylic acids is 1. The van der Waals surface area contributed by atoms with Crippen molar-refractivity contribution in [3.63, 3.8) is 0 Å². The number of anilines is 1. The van der Waals surface area contributed by atoms with Gasteiger partial charge in [-0.2, -0.15) is 10.4 Å². The second-order valence-corrected chi connectivity index (χ2v) is 5.88. The third-order valence-corrected chi connectivity index (χ3v) is 4.20. The second-order valence-electron chi connectivity index (χ2n) is 5.88. The van der Waals surface area contributed by atoms with Gasteiger partial charge in [-0.3, -0.25) is 4.79 Å². The SMILES string of the molecule is CN(CC(=O)N1CCC[C@H](n2cncn2)C1)c1ccc(C#N)cn1. The fourth-order valence-electron chi connectivity index (χ4n) is 2.87. The van der Waals surface area contributed by atoms with E-state index in [-0.39, 0.29) is 18.5 Å². The van der Waals surface area contributed by atoms with Gasteiger partial charge in [0, 0.05) is 26.3 Å². The highest BCUT2D eigenvalue weighted by Crippen LogP contribution is 2.20. The Balaban J connectivity index is 1.60. The maximum atomic E-state index is 12.6. The number of nitriles is 1. The summed E-state index contributed by atoms with van der Waals surface area (Å²) < 4.78 is 1.82. The monoisotopic (exact) mass is 325 g/mol. The molecular weight excluding hydrogens is 306 g/mol. The van der Waals surface area contributed by atoms with Crippen LogP contribution in [0.5, 0.6) is 0 Å². The third-order valence-electron chi connectivity index (χ3n) is 4.20. The van der Waals surface area contributed by atoms with E-state index in [0.717, 1.165) is 19.4 Å². The van der Waals surface area contributed by atoms with E-state index in [1.165, 1.54) is 12.5 Å². The molecule has 8 heteroatoms. The summed E-state index contributed by atoms with van der Waals surface area (Å²) >= 11 is 0. The number of nitrogens with zero attached hydrogens (tertiary/aromatic N) is 7. The van der Waals surface area contributed by atoms with Crippen LogP contribution in [0.2, 0.25) is 0 Å². The Bertz CT molecular complexity index is 720. The minimum atomic E-state index is 0.0634. The molecule has 0 spiro atoms. The predicted octanol–water partition coefficient (Wildman–Crippen LogP) is 0.845. The smallest absolute Gasteiger partial charge is 0.242 e. The molecule has 3 heterocycles. The summed E-state index contributed by atoms with van der Waals surface area (Å²) in [6.07, 6.45) is 6.68. The molecule has 1 saturated heterocycles. The summed E-state index contributed by atoms with van der Waals surface area (Å²) in [5.74, 6) is 0.737. The molecule has 0 unspecified atom stereocenters. The highest BCUT2D eigenvalue weighted by atomic mass is 16.2. The largest absolute Gasteiger partial charge is 0.350 e. The van der Waals surface area contributed by atoms with Crippen molar-refractivity contribution in [2.24, 2.45) is 0 Å². The number of amides is 1. The Morgan fingerprint density at radius 2 is 2.38 bits per heavy atom. The second kappa shape index (κ2) is 7.08. The van der Waals surface area contributed by atoms with Crippen molar-refractivity contribution in [3.8, 4) is 6.07 Å². The van der Waals surface area contributed by atoms with E-state index in [1.54, 1.807) is 23.4 Å². The summed E-state index contributed by atoms with van der Waals surface area (Å²) in [5, 5.41) is 13.0. The van der Waals surface area contributed by atoms with Crippen LogP contribution in [0.1, 0.15) is 24.4 Å². The molecule has 1 aliphatic rings. The summed E-state index contributed by atoms with van der Waals surface area (Å²) in [6.45, 7) is 1.67. The minimum absolute atomic E-state index is 0.0634. The van der Waals surface area contributed by atoms with Crippen LogP contribution in [-0.4, -0.2) is 57.2 Å². The molecule has 0 radical (unpaired) electrons. The van der Waals surface area contributed by atoms with E-state index < -0.39 is 0 Å². The lowest BCUT2D eigenvalue weighted by Crippen LogP contribution is -2.45. The molecule has 0 aromatic carbocycles. The Kier molecular flexibility index (Phi) is 4.70. The number of likely N-dealkylation sites (N-methyl/N-ethyl adjacent to an activating group) is 1. The molecule has 3 rings (SSSR count). The lowest BCUT2D eigenvalue weighted by atomic mass is 10.1. The summed E-state index contributed by atoms with van der Waals surface area (Å²) in [7, 11) is 1.82. The van der Waals surface area contributed by atoms with Crippen molar-refractivity contribution in [2.45, 2.75) is 18.9 Å². The average molecular weight is 325 g/mol. The van der Waals surface area contributed by atoms with Gasteiger partial charge in [-0.05, 0) is 25.0 Å². The van der Waals surface area contributed by atoms with Crippen LogP contribution in [0.25, 0.3) is 0 Å². The summed E-state index contributed by atoms with van der Waals surface area (Å²) in [4.78, 5) is 24.4. The van der Waals surface area contributed by atoms with Crippen molar-refractivity contribution in [1.29, 1.82) is 5.26 Å². The maximum Gasteiger partial charge on any atom is 0.242 e. The van der Waals surface area contributed by atoms with Crippen molar-refractivity contribution in [3.05, 3.63) is 36.5 Å². The molecule has 24 heavy (non-hydrogen) atoms. The molecule has 0 aliphatic carbocycles. The quantitative estimate of drug-likeness (QED) is 0.827. The first-order valence-corrected chi connectivity index (χ1v) is 7.86. The van der Waals surface area contributed by atoms with Gasteiger partial charge in [-0.1, -0.05) is 0 Å². The van der Waals surface area contributed by atoms with Crippen molar-refractivity contribution >= 4 is 11.7 Å². The van der Waals surface area contributed by atoms with E-state index in [1.807, 2.05) is 22.7 Å². The predicted molar refractivity (Wildman–Crippen MR) is 87.1 cm³/mol. The number of hydrogen-bond donors (Lipinski definition) is 0. The molecule has 1 amide bonds. The van der Waals surface area contributed by atoms with Gasteiger partial charge in [-0.15, -0.1) is 0 Å². The molecule has 0 bridgehead atoms. The van der Waals surface area contributed by atoms with E-state index in [2.05, 4.69) is 15.1 Å². The maximum absolute atomic E-state index is 12.6. The normalized spacial score (nSPS) is 17.3. The number of rotatable bonds is 4. The molecule has 0 N–H and O–H groups in total. The molecule has 2 aromatic heterocycles. The Labute approximate surface area is 140 Å². The topological polar surface area (TPSA) is 90.9 Å². The van der Waals surface area contributed by atoms with Gasteiger partial charge in [0.15, 0.2) is 0 Å². The summed E-state index contributed by atoms with van der Waals surface area (Å²) in [6, 6.07) is 5.67. The van der Waals surface area contributed by atoms with Crippen molar-refractivity contribution in [1.82, 2.24) is 24.6 Å². The molecule has 1 aliphatic heterocycles. The first kappa shape index (κ1) is 15.9. The first-order valence-electron chi connectivity index (χ1n) is 7.86. The molecule has 124 valence electrons. The number of hydrogen-bond acceptors (Lipinski definition) is 6. The highest BCUT2D eigenvalue weighted by Gasteiger charge is 2.25. The summed E-state index contributed by atoms with van der Waals surface area (Å²) in [5.41, 5.74) is 0.505. The van der Waals surface area contributed by atoms with Crippen LogP contribution < -0.4 is 4.90 Å². The van der Waals surface area contributed by atoms with E-state index >= 15 is 0 Å². The highest BCUT2D eigenvalue weighted by molar-refractivity contribution is 5.81. The van der Waals surface area contributed by atoms with Crippen LogP contribution in [0, 0.1) is 11.3 Å². The van der Waals surface area contributed by atoms with Gasteiger partial charge < -0.3 is 9.80 Å². The van der Waals surface area contributed by atoms with E-state index in [9.17, 15) is 4.79 Å². The van der Waals surface area contributed by atoms with Crippen LogP contribution in [-0.2, 0) is 4.79 Å². The molecule has 2 aromatic rings. The first-order chi connectivity index (χ1) is 11.7. The molecule has 8 nitrogen and oxygen atoms in total. The third kappa shape index (κ3) is 3.51. The zero-order chi connectivity index (χ0) is 16.9. The van der Waals surface area contributed by atoms with Gasteiger partial charge in [0.1, 0.15) is 24.5 Å². The van der Waals surface area contributed by atoms with Crippen LogP contribution in [0.15, 0.2) is 31.0 Å². The zero-order valence-electron chi connectivity index (χ0n) is 13.5. The number of pyridine rings is 1. The standard InChI is InChI=1S/C16H19N7O/c1-21(15-5-4-13(7-17)8-19-15)10-16(24)22-6-2-3-14(9-22)23-12-18-11-20-23/h4-5,8,11-12,14H,2-3,6,9-10H2,1H3/t14-/m0/s1. The minimum Gasteiger partial charge on any atom is -0.350 e. The van der Waals surface area contributed by atoms with Gasteiger partial charge in [0.25, 0.3) is 0 Å². The number of carbonyl (C=O) groups is 1. The van der Waals surface area contributed by atoms with E-state index in [0.29, 0.717) is 17.9 Å². The Morgan fingerprint density at radius 1 is 1.50 bits per heavy atom. The van der Waals surface area contributed by atoms with Crippen LogP contribution in [0.3, 0.4) is 0 Å². The zero-order valence-corrected chi connectivity index (χ0v) is 13.5. The fraction of sp³-hybridized carbons (Fsp3) is 0.438. The van der Waals surface area contributed by atoms with Gasteiger partial charge in [0.2, 0.25) is 5.91 Å². The van der Waals surface area contributed by atoms with E-state index in [4.69, 9.17) is 5.26 Å². The van der Waals surface area contributed by atoms with Crippen molar-refractivity contribution < 1.29 is 4.79 Å².